The lowest BCUT2D eigenvalue weighted by Crippen LogP contribution is -2.11. The van der Waals surface area contributed by atoms with E-state index in [1.807, 2.05) is 48.9 Å². The second-order valence-electron chi connectivity index (χ2n) is 7.27. The van der Waals surface area contributed by atoms with Crippen molar-refractivity contribution in [2.45, 2.75) is 26.8 Å². The zero-order valence-corrected chi connectivity index (χ0v) is 18.0. The highest BCUT2D eigenvalue weighted by Crippen LogP contribution is 2.26. The molecule has 0 saturated carbocycles. The molecular formula is C25H24N2O5. The molecule has 0 spiro atoms. The van der Waals surface area contributed by atoms with E-state index in [1.165, 1.54) is 6.07 Å². The van der Waals surface area contributed by atoms with Crippen molar-refractivity contribution in [3.63, 3.8) is 0 Å². The van der Waals surface area contributed by atoms with Crippen LogP contribution in [-0.2, 0) is 11.3 Å². The zero-order chi connectivity index (χ0) is 22.5. The van der Waals surface area contributed by atoms with Crippen molar-refractivity contribution in [3.8, 4) is 17.1 Å². The van der Waals surface area contributed by atoms with Crippen LogP contribution in [0.4, 0.5) is 0 Å². The molecule has 164 valence electrons. The third-order valence-corrected chi connectivity index (χ3v) is 5.12. The molecule has 0 bridgehead atoms. The Balaban J connectivity index is 1.55. The summed E-state index contributed by atoms with van der Waals surface area (Å²) < 4.78 is 18.9. The number of aromatic nitrogens is 2. The summed E-state index contributed by atoms with van der Waals surface area (Å²) in [6.45, 7) is 5.35. The Bertz CT molecular complexity index is 1290. The lowest BCUT2D eigenvalue weighted by atomic mass is 10.1. The molecule has 0 saturated heterocycles. The number of aryl methyl sites for hydroxylation is 2. The molecule has 0 atom stereocenters. The normalized spacial score (nSPS) is 10.9. The Morgan fingerprint density at radius 3 is 2.69 bits per heavy atom. The zero-order valence-electron chi connectivity index (χ0n) is 18.0. The van der Waals surface area contributed by atoms with Crippen molar-refractivity contribution >= 4 is 16.9 Å². The number of nitrogens with zero attached hydrogens (tertiary/aromatic N) is 2. The second kappa shape index (κ2) is 9.51. The monoisotopic (exact) mass is 432 g/mol. The van der Waals surface area contributed by atoms with Crippen molar-refractivity contribution < 1.29 is 18.7 Å². The Morgan fingerprint density at radius 2 is 1.97 bits per heavy atom. The number of carbonyl (C=O) groups is 1. The fourth-order valence-electron chi connectivity index (χ4n) is 3.48. The first kappa shape index (κ1) is 21.4. The van der Waals surface area contributed by atoms with Crippen LogP contribution >= 0.6 is 0 Å². The average Bonchev–Trinajstić information content (AvgIpc) is 3.21. The number of fused-ring (bicyclic) bond motifs is 1. The Morgan fingerprint density at radius 1 is 1.16 bits per heavy atom. The molecule has 0 aliphatic rings. The molecule has 0 N–H and O–H groups in total. The van der Waals surface area contributed by atoms with Crippen LogP contribution in [0.1, 0.15) is 29.5 Å². The van der Waals surface area contributed by atoms with E-state index >= 15 is 0 Å². The minimum atomic E-state index is -0.523. The first-order valence-corrected chi connectivity index (χ1v) is 10.5. The molecule has 7 heteroatoms. The SMILES string of the molecule is CCOc1ccc(-c2cc(=O)c3cccc(C(=O)OCCCn4ccnc4C)c3o2)cc1. The van der Waals surface area contributed by atoms with Crippen molar-refractivity contribution in [3.05, 3.63) is 82.5 Å². The van der Waals surface area contributed by atoms with Gasteiger partial charge in [0.25, 0.3) is 0 Å². The number of carbonyl (C=O) groups excluding carboxylic acids is 1. The summed E-state index contributed by atoms with van der Waals surface area (Å²) in [5, 5.41) is 0.336. The van der Waals surface area contributed by atoms with Crippen LogP contribution < -0.4 is 10.2 Å². The standard InChI is InChI=1S/C25H24N2O5/c1-3-30-19-10-8-18(9-11-19)23-16-22(28)20-6-4-7-21(24(20)32-23)25(29)31-15-5-13-27-14-12-26-17(27)2/h4,6-12,14,16H,3,5,13,15H2,1-2H3. The molecule has 32 heavy (non-hydrogen) atoms. The van der Waals surface area contributed by atoms with E-state index in [1.54, 1.807) is 24.4 Å². The van der Waals surface area contributed by atoms with Crippen LogP contribution in [0.2, 0.25) is 0 Å². The third kappa shape index (κ3) is 4.56. The Hall–Kier alpha value is -3.87. The second-order valence-corrected chi connectivity index (χ2v) is 7.27. The van der Waals surface area contributed by atoms with Crippen molar-refractivity contribution in [1.29, 1.82) is 0 Å². The predicted molar refractivity (Wildman–Crippen MR) is 121 cm³/mol. The van der Waals surface area contributed by atoms with Crippen LogP contribution in [0.5, 0.6) is 5.75 Å². The summed E-state index contributed by atoms with van der Waals surface area (Å²) in [5.74, 6) is 1.50. The molecule has 0 aliphatic heterocycles. The summed E-state index contributed by atoms with van der Waals surface area (Å²) in [6.07, 6.45) is 4.27. The van der Waals surface area contributed by atoms with E-state index in [9.17, 15) is 9.59 Å². The summed E-state index contributed by atoms with van der Waals surface area (Å²) in [4.78, 5) is 29.6. The van der Waals surface area contributed by atoms with E-state index in [2.05, 4.69) is 4.98 Å². The Labute approximate surface area is 185 Å². The van der Waals surface area contributed by atoms with Gasteiger partial charge in [-0.25, -0.2) is 9.78 Å². The first-order valence-electron chi connectivity index (χ1n) is 10.5. The molecule has 2 heterocycles. The number of rotatable bonds is 8. The minimum Gasteiger partial charge on any atom is -0.494 e. The van der Waals surface area contributed by atoms with Crippen molar-refractivity contribution in [2.75, 3.05) is 13.2 Å². The van der Waals surface area contributed by atoms with E-state index in [4.69, 9.17) is 13.9 Å². The number of benzene rings is 2. The smallest absolute Gasteiger partial charge is 0.341 e. The summed E-state index contributed by atoms with van der Waals surface area (Å²) >= 11 is 0. The van der Waals surface area contributed by atoms with Gasteiger partial charge in [0.15, 0.2) is 11.0 Å². The number of imidazole rings is 1. The van der Waals surface area contributed by atoms with Crippen molar-refractivity contribution in [1.82, 2.24) is 9.55 Å². The topological polar surface area (TPSA) is 83.6 Å². The van der Waals surface area contributed by atoms with Gasteiger partial charge in [-0.3, -0.25) is 4.79 Å². The molecule has 2 aromatic carbocycles. The highest BCUT2D eigenvalue weighted by Gasteiger charge is 2.17. The van der Waals surface area contributed by atoms with Crippen LogP contribution in [0, 0.1) is 6.92 Å². The number of hydrogen-bond acceptors (Lipinski definition) is 6. The molecule has 4 rings (SSSR count). The predicted octanol–water partition coefficient (Wildman–Crippen LogP) is 4.61. The highest BCUT2D eigenvalue weighted by atomic mass is 16.5. The lowest BCUT2D eigenvalue weighted by molar-refractivity contribution is 0.0497. The molecule has 0 unspecified atom stereocenters. The summed E-state index contributed by atoms with van der Waals surface area (Å²) in [5.41, 5.74) is 0.942. The van der Waals surface area contributed by atoms with Gasteiger partial charge in [0.1, 0.15) is 22.9 Å². The van der Waals surface area contributed by atoms with Gasteiger partial charge < -0.3 is 18.5 Å². The van der Waals surface area contributed by atoms with Gasteiger partial charge >= 0.3 is 5.97 Å². The quantitative estimate of drug-likeness (QED) is 0.299. The van der Waals surface area contributed by atoms with Crippen molar-refractivity contribution in [2.24, 2.45) is 0 Å². The molecule has 0 amide bonds. The summed E-state index contributed by atoms with van der Waals surface area (Å²) in [7, 11) is 0. The van der Waals surface area contributed by atoms with E-state index in [0.29, 0.717) is 36.3 Å². The van der Waals surface area contributed by atoms with Crippen LogP contribution in [0.3, 0.4) is 0 Å². The van der Waals surface area contributed by atoms with Gasteiger partial charge in [0.2, 0.25) is 0 Å². The molecule has 2 aromatic heterocycles. The van der Waals surface area contributed by atoms with E-state index in [-0.39, 0.29) is 23.2 Å². The lowest BCUT2D eigenvalue weighted by Gasteiger charge is -2.09. The van der Waals surface area contributed by atoms with Gasteiger partial charge in [0, 0.05) is 30.6 Å². The molecule has 7 nitrogen and oxygen atoms in total. The maximum absolute atomic E-state index is 12.7. The fraction of sp³-hybridized carbons (Fsp3) is 0.240. The molecule has 4 aromatic rings. The van der Waals surface area contributed by atoms with Gasteiger partial charge in [-0.15, -0.1) is 0 Å². The highest BCUT2D eigenvalue weighted by molar-refractivity contribution is 6.02. The number of ether oxygens (including phenoxy) is 2. The van der Waals surface area contributed by atoms with Crippen LogP contribution in [0.15, 0.2) is 70.1 Å². The molecule has 0 radical (unpaired) electrons. The van der Waals surface area contributed by atoms with Gasteiger partial charge in [-0.1, -0.05) is 6.07 Å². The van der Waals surface area contributed by atoms with Crippen LogP contribution in [0.25, 0.3) is 22.3 Å². The minimum absolute atomic E-state index is 0.222. The maximum Gasteiger partial charge on any atom is 0.341 e. The van der Waals surface area contributed by atoms with Gasteiger partial charge in [-0.2, -0.15) is 0 Å². The molecule has 0 fully saturated rings. The Kier molecular flexibility index (Phi) is 6.35. The summed E-state index contributed by atoms with van der Waals surface area (Å²) in [6, 6.07) is 13.6. The third-order valence-electron chi connectivity index (χ3n) is 5.12. The largest absolute Gasteiger partial charge is 0.494 e. The van der Waals surface area contributed by atoms with E-state index in [0.717, 1.165) is 11.6 Å². The molecule has 0 aliphatic carbocycles. The first-order chi connectivity index (χ1) is 15.6. The fourth-order valence-corrected chi connectivity index (χ4v) is 3.48. The van der Waals surface area contributed by atoms with E-state index < -0.39 is 5.97 Å². The van der Waals surface area contributed by atoms with Gasteiger partial charge in [0.05, 0.1) is 18.6 Å². The molecular weight excluding hydrogens is 408 g/mol. The number of esters is 1. The van der Waals surface area contributed by atoms with Gasteiger partial charge in [-0.05, 0) is 56.7 Å². The number of para-hydroxylation sites is 1. The average molecular weight is 432 g/mol. The number of hydrogen-bond donors (Lipinski definition) is 0. The maximum atomic E-state index is 12.7. The van der Waals surface area contributed by atoms with Crippen LogP contribution in [-0.4, -0.2) is 28.7 Å².